The maximum absolute atomic E-state index is 4.28. The first-order valence-electron chi connectivity index (χ1n) is 7.91. The lowest BCUT2D eigenvalue weighted by atomic mass is 9.20. The minimum absolute atomic E-state index is 0.515. The molecule has 3 rings (SSSR count). The van der Waals surface area contributed by atoms with Gasteiger partial charge in [0.15, 0.2) is 6.71 Å². The largest absolute Gasteiger partial charge is 0.166 e. The van der Waals surface area contributed by atoms with E-state index in [0.717, 1.165) is 24.3 Å². The molecule has 2 bridgehead atoms. The molecule has 2 aliphatic heterocycles. The summed E-state index contributed by atoms with van der Waals surface area (Å²) in [6.07, 6.45) is 15.0. The van der Waals surface area contributed by atoms with E-state index >= 15 is 0 Å². The van der Waals surface area contributed by atoms with Crippen LogP contribution in [-0.4, -0.2) is 10.9 Å². The number of halogens is 1. The number of fused-ring (bicyclic) bond motifs is 2. The molecule has 1 aliphatic carbocycles. The smallest absolute Gasteiger partial charge is 0.0941 e. The Morgan fingerprint density at radius 3 is 2.00 bits per heavy atom. The Morgan fingerprint density at radius 1 is 0.882 bits per heavy atom. The predicted octanol–water partition coefficient (Wildman–Crippen LogP) is 5.47. The van der Waals surface area contributed by atoms with Gasteiger partial charge in [0.2, 0.25) is 0 Å². The topological polar surface area (TPSA) is 0 Å². The maximum atomic E-state index is 4.28. The first-order chi connectivity index (χ1) is 8.22. The first kappa shape index (κ1) is 12.6. The molecule has 3 fully saturated rings. The Hall–Kier alpha value is 0.545. The van der Waals surface area contributed by atoms with Crippen molar-refractivity contribution in [1.29, 1.82) is 0 Å². The molecule has 2 saturated heterocycles. The molecule has 2 heteroatoms. The summed E-state index contributed by atoms with van der Waals surface area (Å²) in [5.74, 6) is 3.02. The molecule has 0 aromatic heterocycles. The summed E-state index contributed by atoms with van der Waals surface area (Å²) in [5, 5.41) is 0. The van der Waals surface area contributed by atoms with Crippen molar-refractivity contribution < 1.29 is 0 Å². The van der Waals surface area contributed by atoms with Gasteiger partial charge in [0.1, 0.15) is 0 Å². The fourth-order valence-electron chi connectivity index (χ4n) is 5.29. The number of hydrogen-bond donors (Lipinski definition) is 0. The molecule has 1 saturated carbocycles. The number of rotatable bonds is 1. The van der Waals surface area contributed by atoms with Gasteiger partial charge in [-0.15, -0.1) is 0 Å². The molecule has 0 spiro atoms. The molecule has 17 heavy (non-hydrogen) atoms. The molecule has 96 valence electrons. The minimum atomic E-state index is 0.515. The predicted molar refractivity (Wildman–Crippen MR) is 80.2 cm³/mol. The lowest BCUT2D eigenvalue weighted by molar-refractivity contribution is 0.338. The van der Waals surface area contributed by atoms with Crippen molar-refractivity contribution >= 4 is 22.6 Å². The second kappa shape index (κ2) is 4.91. The quantitative estimate of drug-likeness (QED) is 0.444. The van der Waals surface area contributed by atoms with Crippen molar-refractivity contribution in [3.05, 3.63) is 0 Å². The van der Waals surface area contributed by atoms with E-state index < -0.39 is 0 Å². The summed E-state index contributed by atoms with van der Waals surface area (Å²) in [7, 11) is 0. The van der Waals surface area contributed by atoms with Crippen LogP contribution in [0.15, 0.2) is 0 Å². The van der Waals surface area contributed by atoms with Gasteiger partial charge in [0, 0.05) is 4.22 Å². The lowest BCUT2D eigenvalue weighted by Gasteiger charge is -2.52. The van der Waals surface area contributed by atoms with Crippen molar-refractivity contribution in [1.82, 2.24) is 0 Å². The molecule has 2 atom stereocenters. The van der Waals surface area contributed by atoms with Crippen LogP contribution in [-0.2, 0) is 0 Å². The van der Waals surface area contributed by atoms with E-state index in [2.05, 4.69) is 22.9 Å². The molecular weight excluding hydrogens is 271 g/mol. The van der Waals surface area contributed by atoms with Crippen LogP contribution in [0, 0.1) is 5.92 Å². The Labute approximate surface area is 116 Å². The van der Waals surface area contributed by atoms with Gasteiger partial charge in [-0.3, -0.25) is 0 Å². The van der Waals surface area contributed by atoms with Crippen LogP contribution in [0.4, 0.5) is 0 Å². The fraction of sp³-hybridized carbons (Fsp3) is 1.00. The van der Waals surface area contributed by atoms with Crippen LogP contribution in [0.5, 0.6) is 0 Å². The molecule has 0 radical (unpaired) electrons. The maximum Gasteiger partial charge on any atom is 0.166 e. The summed E-state index contributed by atoms with van der Waals surface area (Å²) in [6.45, 7) is 3.53. The third kappa shape index (κ3) is 2.13. The third-order valence-corrected chi connectivity index (χ3v) is 7.84. The zero-order valence-electron chi connectivity index (χ0n) is 11.3. The normalized spacial score (nSPS) is 46.9. The van der Waals surface area contributed by atoms with E-state index in [9.17, 15) is 0 Å². The Bertz CT molecular complexity index is 258. The van der Waals surface area contributed by atoms with Crippen molar-refractivity contribution in [3.63, 3.8) is 0 Å². The second-order valence-electron chi connectivity index (χ2n) is 6.98. The second-order valence-corrected chi connectivity index (χ2v) is 8.46. The van der Waals surface area contributed by atoms with Crippen LogP contribution < -0.4 is 0 Å². The van der Waals surface area contributed by atoms with Gasteiger partial charge in [-0.05, 0) is 12.3 Å². The van der Waals surface area contributed by atoms with E-state index in [4.69, 9.17) is 0 Å². The van der Waals surface area contributed by atoms with Crippen LogP contribution in [0.2, 0.25) is 11.6 Å². The monoisotopic (exact) mass is 296 g/mol. The Balaban J connectivity index is 1.85. The highest BCUT2D eigenvalue weighted by atomic mass is 79.9. The van der Waals surface area contributed by atoms with E-state index in [1.807, 2.05) is 0 Å². The van der Waals surface area contributed by atoms with E-state index in [1.165, 1.54) is 64.2 Å². The average molecular weight is 297 g/mol. The molecular formula is C15H26BBr. The van der Waals surface area contributed by atoms with E-state index in [1.54, 1.807) is 0 Å². The molecule has 2 heterocycles. The molecule has 2 unspecified atom stereocenters. The van der Waals surface area contributed by atoms with Gasteiger partial charge < -0.3 is 0 Å². The van der Waals surface area contributed by atoms with Crippen molar-refractivity contribution in [2.75, 3.05) is 0 Å². The molecule has 3 aliphatic rings. The van der Waals surface area contributed by atoms with Crippen molar-refractivity contribution in [2.45, 2.75) is 87.0 Å². The number of hydrogen-bond acceptors (Lipinski definition) is 0. The van der Waals surface area contributed by atoms with Gasteiger partial charge >= 0.3 is 0 Å². The molecule has 0 N–H and O–H groups in total. The summed E-state index contributed by atoms with van der Waals surface area (Å²) in [5.41, 5.74) is 0. The standard InChI is InChI=1S/C15H26BBr/c1-12-6-2-3-11-15(12,17)16-13-7-4-8-14(16)10-5-9-13/h12-14H,2-11H2,1H3. The van der Waals surface area contributed by atoms with E-state index in [0.29, 0.717) is 4.22 Å². The molecule has 0 nitrogen and oxygen atoms in total. The first-order valence-corrected chi connectivity index (χ1v) is 8.70. The Morgan fingerprint density at radius 2 is 1.47 bits per heavy atom. The zero-order chi connectivity index (χ0) is 11.9. The van der Waals surface area contributed by atoms with Gasteiger partial charge in [-0.25, -0.2) is 0 Å². The van der Waals surface area contributed by atoms with Crippen LogP contribution in [0.3, 0.4) is 0 Å². The highest BCUT2D eigenvalue weighted by molar-refractivity contribution is 9.10. The van der Waals surface area contributed by atoms with E-state index in [-0.39, 0.29) is 0 Å². The molecule has 0 aromatic rings. The summed E-state index contributed by atoms with van der Waals surface area (Å²) in [4.78, 5) is 0. The Kier molecular flexibility index (Phi) is 3.63. The van der Waals surface area contributed by atoms with Crippen molar-refractivity contribution in [2.24, 2.45) is 5.92 Å². The van der Waals surface area contributed by atoms with Crippen LogP contribution >= 0.6 is 15.9 Å². The minimum Gasteiger partial charge on any atom is -0.0941 e. The van der Waals surface area contributed by atoms with Gasteiger partial charge in [-0.2, -0.15) is 0 Å². The number of alkyl halides is 1. The molecule has 0 amide bonds. The highest BCUT2D eigenvalue weighted by Gasteiger charge is 2.53. The fourth-order valence-corrected chi connectivity index (χ4v) is 6.54. The van der Waals surface area contributed by atoms with Gasteiger partial charge in [0.25, 0.3) is 0 Å². The average Bonchev–Trinajstić information content (AvgIpc) is 2.32. The SMILES string of the molecule is CC1CCCCC1(Br)B1C2CCCC1CCC2. The summed E-state index contributed by atoms with van der Waals surface area (Å²) in [6, 6.07) is 0. The summed E-state index contributed by atoms with van der Waals surface area (Å²) < 4.78 is 0.515. The third-order valence-electron chi connectivity index (χ3n) is 6.14. The van der Waals surface area contributed by atoms with Gasteiger partial charge in [0.05, 0.1) is 0 Å². The van der Waals surface area contributed by atoms with Crippen LogP contribution in [0.1, 0.15) is 71.1 Å². The van der Waals surface area contributed by atoms with Gasteiger partial charge in [-0.1, -0.05) is 92.3 Å². The lowest BCUT2D eigenvalue weighted by Crippen LogP contribution is -2.55. The molecule has 0 aromatic carbocycles. The zero-order valence-corrected chi connectivity index (χ0v) is 12.8. The van der Waals surface area contributed by atoms with Crippen molar-refractivity contribution in [3.8, 4) is 0 Å². The van der Waals surface area contributed by atoms with Crippen LogP contribution in [0.25, 0.3) is 0 Å². The summed E-state index contributed by atoms with van der Waals surface area (Å²) >= 11 is 4.28. The highest BCUT2D eigenvalue weighted by Crippen LogP contribution is 2.56.